The Balaban J connectivity index is 1.94. The summed E-state index contributed by atoms with van der Waals surface area (Å²) in [6.45, 7) is 5.77. The van der Waals surface area contributed by atoms with Gasteiger partial charge in [-0.15, -0.1) is 11.3 Å². The first-order valence-corrected chi connectivity index (χ1v) is 9.91. The minimum absolute atomic E-state index is 0.684. The van der Waals surface area contributed by atoms with Crippen LogP contribution in [-0.2, 0) is 19.4 Å². The van der Waals surface area contributed by atoms with Crippen LogP contribution < -0.4 is 14.8 Å². The molecule has 1 N–H and O–H groups in total. The summed E-state index contributed by atoms with van der Waals surface area (Å²) in [4.78, 5) is 12.5. The number of benzene rings is 1. The van der Waals surface area contributed by atoms with Crippen molar-refractivity contribution in [3.63, 3.8) is 0 Å². The Hall–Kier alpha value is -2.28. The number of aryl methyl sites for hydroxylation is 2. The quantitative estimate of drug-likeness (QED) is 0.554. The molecule has 1 heterocycles. The van der Waals surface area contributed by atoms with Crippen LogP contribution in [0.25, 0.3) is 0 Å². The number of nitrogens with one attached hydrogen (secondary N) is 1. The molecule has 0 amide bonds. The third kappa shape index (κ3) is 5.60. The van der Waals surface area contributed by atoms with Gasteiger partial charge in [-0.2, -0.15) is 0 Å². The highest BCUT2D eigenvalue weighted by molar-refractivity contribution is 7.11. The number of aliphatic imine (C=N–C) groups is 1. The van der Waals surface area contributed by atoms with Gasteiger partial charge in [0.2, 0.25) is 0 Å². The standard InChI is InChI=1S/C20H30N4O2S/c1-7-17-14(2)27-19(23-17)10-11-22-20(21-3)24(4)13-15-8-9-16(25-5)12-18(15)26-6/h8-9,12H,7,10-11,13H2,1-6H3,(H,21,22). The van der Waals surface area contributed by atoms with E-state index in [2.05, 4.69) is 29.1 Å². The molecule has 7 heteroatoms. The van der Waals surface area contributed by atoms with Crippen molar-refractivity contribution < 1.29 is 9.47 Å². The van der Waals surface area contributed by atoms with Crippen LogP contribution >= 0.6 is 11.3 Å². The molecule has 0 fully saturated rings. The normalized spacial score (nSPS) is 11.4. The zero-order valence-electron chi connectivity index (χ0n) is 17.1. The lowest BCUT2D eigenvalue weighted by Crippen LogP contribution is -2.39. The van der Waals surface area contributed by atoms with E-state index < -0.39 is 0 Å². The predicted octanol–water partition coefficient (Wildman–Crippen LogP) is 3.28. The Morgan fingerprint density at radius 1 is 1.30 bits per heavy atom. The van der Waals surface area contributed by atoms with Gasteiger partial charge in [-0.05, 0) is 25.5 Å². The molecular weight excluding hydrogens is 360 g/mol. The molecule has 6 nitrogen and oxygen atoms in total. The van der Waals surface area contributed by atoms with Crippen LogP contribution in [0.15, 0.2) is 23.2 Å². The third-order valence-corrected chi connectivity index (χ3v) is 5.44. The monoisotopic (exact) mass is 390 g/mol. The summed E-state index contributed by atoms with van der Waals surface area (Å²) >= 11 is 1.78. The van der Waals surface area contributed by atoms with Gasteiger partial charge in [0.25, 0.3) is 0 Å². The van der Waals surface area contributed by atoms with Crippen molar-refractivity contribution in [2.75, 3.05) is 34.9 Å². The molecule has 2 aromatic rings. The zero-order valence-corrected chi connectivity index (χ0v) is 17.9. The van der Waals surface area contributed by atoms with E-state index in [1.807, 2.05) is 25.2 Å². The van der Waals surface area contributed by atoms with E-state index in [-0.39, 0.29) is 0 Å². The van der Waals surface area contributed by atoms with Gasteiger partial charge in [-0.1, -0.05) is 6.92 Å². The first kappa shape index (κ1) is 21.0. The van der Waals surface area contributed by atoms with Gasteiger partial charge in [0.15, 0.2) is 5.96 Å². The number of ether oxygens (including phenoxy) is 2. The maximum Gasteiger partial charge on any atom is 0.193 e. The predicted molar refractivity (Wildman–Crippen MR) is 112 cm³/mol. The summed E-state index contributed by atoms with van der Waals surface area (Å²) in [5.41, 5.74) is 2.29. The van der Waals surface area contributed by atoms with Crippen LogP contribution in [0.3, 0.4) is 0 Å². The highest BCUT2D eigenvalue weighted by Crippen LogP contribution is 2.25. The van der Waals surface area contributed by atoms with Crippen molar-refractivity contribution in [2.45, 2.75) is 33.2 Å². The van der Waals surface area contributed by atoms with E-state index in [4.69, 9.17) is 14.5 Å². The summed E-state index contributed by atoms with van der Waals surface area (Å²) in [6, 6.07) is 5.86. The van der Waals surface area contributed by atoms with Crippen LogP contribution in [0.4, 0.5) is 0 Å². The first-order chi connectivity index (χ1) is 13.0. The fourth-order valence-electron chi connectivity index (χ4n) is 2.90. The zero-order chi connectivity index (χ0) is 19.8. The summed E-state index contributed by atoms with van der Waals surface area (Å²) < 4.78 is 10.8. The summed E-state index contributed by atoms with van der Waals surface area (Å²) in [5, 5.41) is 4.59. The van der Waals surface area contributed by atoms with Crippen molar-refractivity contribution in [3.8, 4) is 11.5 Å². The maximum absolute atomic E-state index is 5.49. The number of nitrogens with zero attached hydrogens (tertiary/aromatic N) is 3. The second kappa shape index (κ2) is 10.2. The van der Waals surface area contributed by atoms with Crippen LogP contribution in [0, 0.1) is 6.92 Å². The molecule has 0 unspecified atom stereocenters. The summed E-state index contributed by atoms with van der Waals surface area (Å²) in [5.74, 6) is 2.44. The number of hydrogen-bond acceptors (Lipinski definition) is 5. The number of thiazole rings is 1. The van der Waals surface area contributed by atoms with Crippen LogP contribution in [-0.4, -0.2) is 50.7 Å². The molecule has 0 aliphatic heterocycles. The fraction of sp³-hybridized carbons (Fsp3) is 0.500. The number of methoxy groups -OCH3 is 2. The Bertz CT molecular complexity index is 773. The van der Waals surface area contributed by atoms with Crippen LogP contribution in [0.5, 0.6) is 11.5 Å². The van der Waals surface area contributed by atoms with Gasteiger partial charge < -0.3 is 19.7 Å². The molecule has 0 aliphatic rings. The second-order valence-electron chi connectivity index (χ2n) is 6.22. The molecule has 0 atom stereocenters. The minimum Gasteiger partial charge on any atom is -0.497 e. The van der Waals surface area contributed by atoms with E-state index in [0.29, 0.717) is 6.54 Å². The van der Waals surface area contributed by atoms with Crippen molar-refractivity contribution in [3.05, 3.63) is 39.3 Å². The van der Waals surface area contributed by atoms with Crippen molar-refractivity contribution in [1.82, 2.24) is 15.2 Å². The van der Waals surface area contributed by atoms with E-state index >= 15 is 0 Å². The van der Waals surface area contributed by atoms with E-state index in [1.54, 1.807) is 32.6 Å². The average Bonchev–Trinajstić information content (AvgIpc) is 3.04. The topological polar surface area (TPSA) is 59.0 Å². The number of aromatic nitrogens is 1. The molecule has 1 aromatic heterocycles. The number of rotatable bonds is 8. The van der Waals surface area contributed by atoms with Gasteiger partial charge in [-0.3, -0.25) is 4.99 Å². The number of guanidine groups is 1. The molecule has 148 valence electrons. The average molecular weight is 391 g/mol. The third-order valence-electron chi connectivity index (χ3n) is 4.37. The van der Waals surface area contributed by atoms with Crippen LogP contribution in [0.2, 0.25) is 0 Å². The Morgan fingerprint density at radius 2 is 2.07 bits per heavy atom. The van der Waals surface area contributed by atoms with Gasteiger partial charge in [0.05, 0.1) is 24.9 Å². The van der Waals surface area contributed by atoms with Crippen molar-refractivity contribution in [2.24, 2.45) is 4.99 Å². The molecule has 0 bridgehead atoms. The van der Waals surface area contributed by atoms with Crippen LogP contribution in [0.1, 0.15) is 28.1 Å². The van der Waals surface area contributed by atoms with Crippen molar-refractivity contribution in [1.29, 1.82) is 0 Å². The molecular formula is C20H30N4O2S. The van der Waals surface area contributed by atoms with E-state index in [9.17, 15) is 0 Å². The lowest BCUT2D eigenvalue weighted by molar-refractivity contribution is 0.382. The molecule has 1 aromatic carbocycles. The molecule has 2 rings (SSSR count). The second-order valence-corrected chi connectivity index (χ2v) is 7.51. The smallest absolute Gasteiger partial charge is 0.193 e. The number of hydrogen-bond donors (Lipinski definition) is 1. The molecule has 0 radical (unpaired) electrons. The molecule has 0 saturated heterocycles. The highest BCUT2D eigenvalue weighted by Gasteiger charge is 2.12. The first-order valence-electron chi connectivity index (χ1n) is 9.10. The lowest BCUT2D eigenvalue weighted by Gasteiger charge is -2.23. The van der Waals surface area contributed by atoms with E-state index in [0.717, 1.165) is 42.4 Å². The SMILES string of the molecule is CCc1nc(CCNC(=NC)N(C)Cc2ccc(OC)cc2OC)sc1C. The molecule has 0 aliphatic carbocycles. The largest absolute Gasteiger partial charge is 0.497 e. The minimum atomic E-state index is 0.684. The maximum atomic E-state index is 5.49. The van der Waals surface area contributed by atoms with Gasteiger partial charge >= 0.3 is 0 Å². The lowest BCUT2D eigenvalue weighted by atomic mass is 10.2. The van der Waals surface area contributed by atoms with Gasteiger partial charge in [0, 0.05) is 50.1 Å². The van der Waals surface area contributed by atoms with Gasteiger partial charge in [0.1, 0.15) is 11.5 Å². The highest BCUT2D eigenvalue weighted by atomic mass is 32.1. The Kier molecular flexibility index (Phi) is 7.91. The van der Waals surface area contributed by atoms with Gasteiger partial charge in [-0.25, -0.2) is 4.98 Å². The Labute approximate surface area is 166 Å². The summed E-state index contributed by atoms with van der Waals surface area (Å²) in [6.07, 6.45) is 1.88. The fourth-order valence-corrected chi connectivity index (χ4v) is 3.92. The molecule has 0 saturated carbocycles. The molecule has 0 spiro atoms. The summed E-state index contributed by atoms with van der Waals surface area (Å²) in [7, 11) is 7.14. The van der Waals surface area contributed by atoms with Crippen molar-refractivity contribution >= 4 is 17.3 Å². The molecule has 27 heavy (non-hydrogen) atoms. The van der Waals surface area contributed by atoms with E-state index in [1.165, 1.54) is 15.6 Å². The Morgan fingerprint density at radius 3 is 2.67 bits per heavy atom.